The summed E-state index contributed by atoms with van der Waals surface area (Å²) in [4.78, 5) is 4.73. The smallest absolute Gasteiger partial charge is 0.182 e. The number of hydrogen-bond donors (Lipinski definition) is 0. The molecule has 0 amide bonds. The summed E-state index contributed by atoms with van der Waals surface area (Å²) in [6, 6.07) is 20.2. The van der Waals surface area contributed by atoms with Crippen molar-refractivity contribution in [3.05, 3.63) is 66.7 Å². The minimum Gasteiger partial charge on any atom is -0.217 e. The van der Waals surface area contributed by atoms with E-state index in [0.717, 1.165) is 28.5 Å². The lowest BCUT2D eigenvalue weighted by Crippen LogP contribution is -1.99. The van der Waals surface area contributed by atoms with Gasteiger partial charge < -0.3 is 0 Å². The van der Waals surface area contributed by atoms with Gasteiger partial charge in [0.25, 0.3) is 0 Å². The van der Waals surface area contributed by atoms with Crippen molar-refractivity contribution in [2.24, 2.45) is 0 Å². The summed E-state index contributed by atoms with van der Waals surface area (Å²) >= 11 is 0. The highest BCUT2D eigenvalue weighted by molar-refractivity contribution is 5.65. The van der Waals surface area contributed by atoms with Crippen molar-refractivity contribution in [2.75, 3.05) is 0 Å². The highest BCUT2D eigenvalue weighted by Crippen LogP contribution is 2.24. The van der Waals surface area contributed by atoms with Crippen molar-refractivity contribution in [2.45, 2.75) is 13.8 Å². The second-order valence-electron chi connectivity index (χ2n) is 4.83. The molecule has 3 aromatic rings. The van der Waals surface area contributed by atoms with Crippen LogP contribution in [-0.2, 0) is 0 Å². The standard InChI is InChI=1S/C18H17N3/c1-3-14(2)21-18(16-12-8-5-9-13-16)19-17(20-21)15-10-6-4-7-11-15/h3-13H,1-2H3/b14-3+. The highest BCUT2D eigenvalue weighted by Gasteiger charge is 2.13. The van der Waals surface area contributed by atoms with Crippen molar-refractivity contribution >= 4 is 5.70 Å². The summed E-state index contributed by atoms with van der Waals surface area (Å²) < 4.78 is 1.90. The summed E-state index contributed by atoms with van der Waals surface area (Å²) in [5, 5.41) is 4.66. The molecule has 0 saturated carbocycles. The predicted molar refractivity (Wildman–Crippen MR) is 86.5 cm³/mol. The van der Waals surface area contributed by atoms with E-state index in [0.29, 0.717) is 0 Å². The fourth-order valence-electron chi connectivity index (χ4n) is 2.16. The van der Waals surface area contributed by atoms with E-state index in [1.807, 2.05) is 73.1 Å². The van der Waals surface area contributed by atoms with Crippen molar-refractivity contribution in [1.82, 2.24) is 14.8 Å². The van der Waals surface area contributed by atoms with Crippen molar-refractivity contribution in [1.29, 1.82) is 0 Å². The van der Waals surface area contributed by atoms with E-state index < -0.39 is 0 Å². The SMILES string of the molecule is C/C=C(\C)n1nc(-c2ccccc2)nc1-c1ccccc1. The van der Waals surface area contributed by atoms with Crippen LogP contribution in [0.1, 0.15) is 13.8 Å². The van der Waals surface area contributed by atoms with Crippen LogP contribution >= 0.6 is 0 Å². The van der Waals surface area contributed by atoms with Gasteiger partial charge in [0.1, 0.15) is 0 Å². The fraction of sp³-hybridized carbons (Fsp3) is 0.111. The Labute approximate surface area is 124 Å². The Kier molecular flexibility index (Phi) is 3.65. The van der Waals surface area contributed by atoms with Crippen LogP contribution in [0.15, 0.2) is 66.7 Å². The monoisotopic (exact) mass is 275 g/mol. The average molecular weight is 275 g/mol. The molecule has 0 bridgehead atoms. The molecule has 2 aromatic carbocycles. The van der Waals surface area contributed by atoms with Gasteiger partial charge in [-0.15, -0.1) is 5.10 Å². The molecule has 0 aliphatic rings. The molecule has 0 aliphatic carbocycles. The summed E-state index contributed by atoms with van der Waals surface area (Å²) in [6.45, 7) is 4.05. The molecule has 0 N–H and O–H groups in total. The molecule has 3 rings (SSSR count). The third-order valence-corrected chi connectivity index (χ3v) is 3.42. The summed E-state index contributed by atoms with van der Waals surface area (Å²) in [5.74, 6) is 1.61. The minimum atomic E-state index is 0.746. The zero-order valence-corrected chi connectivity index (χ0v) is 12.2. The lowest BCUT2D eigenvalue weighted by atomic mass is 10.2. The van der Waals surface area contributed by atoms with Crippen molar-refractivity contribution in [3.63, 3.8) is 0 Å². The molecule has 0 spiro atoms. The molecular formula is C18H17N3. The van der Waals surface area contributed by atoms with Gasteiger partial charge >= 0.3 is 0 Å². The van der Waals surface area contributed by atoms with E-state index in [2.05, 4.69) is 17.2 Å². The van der Waals surface area contributed by atoms with Gasteiger partial charge in [0.2, 0.25) is 0 Å². The zero-order chi connectivity index (χ0) is 14.7. The second-order valence-corrected chi connectivity index (χ2v) is 4.83. The van der Waals surface area contributed by atoms with Crippen LogP contribution in [0.3, 0.4) is 0 Å². The predicted octanol–water partition coefficient (Wildman–Crippen LogP) is 4.49. The van der Waals surface area contributed by atoms with Gasteiger partial charge in [-0.3, -0.25) is 0 Å². The molecule has 3 heteroatoms. The normalized spacial score (nSPS) is 11.6. The molecule has 21 heavy (non-hydrogen) atoms. The molecule has 3 nitrogen and oxygen atoms in total. The van der Waals surface area contributed by atoms with Crippen LogP contribution in [0.4, 0.5) is 0 Å². The molecule has 0 fully saturated rings. The van der Waals surface area contributed by atoms with Crippen LogP contribution < -0.4 is 0 Å². The number of rotatable bonds is 3. The highest BCUT2D eigenvalue weighted by atomic mass is 15.4. The van der Waals surface area contributed by atoms with Crippen LogP contribution in [0.5, 0.6) is 0 Å². The molecule has 0 unspecified atom stereocenters. The molecular weight excluding hydrogens is 258 g/mol. The van der Waals surface area contributed by atoms with Crippen LogP contribution in [0.25, 0.3) is 28.5 Å². The largest absolute Gasteiger partial charge is 0.217 e. The number of nitrogens with zero attached hydrogens (tertiary/aromatic N) is 3. The lowest BCUT2D eigenvalue weighted by Gasteiger charge is -2.04. The first-order chi connectivity index (χ1) is 10.3. The molecule has 104 valence electrons. The molecule has 0 atom stereocenters. The Hall–Kier alpha value is -2.68. The average Bonchev–Trinajstić information content (AvgIpc) is 3.01. The Morgan fingerprint density at radius 2 is 1.48 bits per heavy atom. The van der Waals surface area contributed by atoms with Crippen LogP contribution in [0, 0.1) is 0 Å². The topological polar surface area (TPSA) is 30.7 Å². The molecule has 1 aromatic heterocycles. The number of aromatic nitrogens is 3. The van der Waals surface area contributed by atoms with Crippen LogP contribution in [0.2, 0.25) is 0 Å². The third kappa shape index (κ3) is 2.63. The number of benzene rings is 2. The van der Waals surface area contributed by atoms with E-state index in [1.165, 1.54) is 0 Å². The van der Waals surface area contributed by atoms with E-state index in [4.69, 9.17) is 4.98 Å². The van der Waals surface area contributed by atoms with Gasteiger partial charge in [-0.25, -0.2) is 9.67 Å². The second kappa shape index (κ2) is 5.75. The Bertz CT molecular complexity index is 756. The van der Waals surface area contributed by atoms with Gasteiger partial charge in [0.05, 0.1) is 0 Å². The van der Waals surface area contributed by atoms with Crippen molar-refractivity contribution < 1.29 is 0 Å². The van der Waals surface area contributed by atoms with E-state index >= 15 is 0 Å². The van der Waals surface area contributed by atoms with Crippen molar-refractivity contribution in [3.8, 4) is 22.8 Å². The Morgan fingerprint density at radius 3 is 2.05 bits per heavy atom. The number of hydrogen-bond acceptors (Lipinski definition) is 2. The molecule has 0 aliphatic heterocycles. The van der Waals surface area contributed by atoms with E-state index in [-0.39, 0.29) is 0 Å². The maximum Gasteiger partial charge on any atom is 0.182 e. The maximum atomic E-state index is 4.73. The van der Waals surface area contributed by atoms with Gasteiger partial charge in [-0.1, -0.05) is 66.7 Å². The molecule has 0 radical (unpaired) electrons. The summed E-state index contributed by atoms with van der Waals surface area (Å²) in [7, 11) is 0. The molecule has 1 heterocycles. The van der Waals surface area contributed by atoms with Gasteiger partial charge in [0.15, 0.2) is 11.6 Å². The zero-order valence-electron chi connectivity index (χ0n) is 12.2. The van der Waals surface area contributed by atoms with Gasteiger partial charge in [-0.2, -0.15) is 0 Å². The quantitative estimate of drug-likeness (QED) is 0.705. The van der Waals surface area contributed by atoms with Gasteiger partial charge in [-0.05, 0) is 13.8 Å². The fourth-order valence-corrected chi connectivity index (χ4v) is 2.16. The first kappa shape index (κ1) is 13.3. The number of allylic oxidation sites excluding steroid dienone is 2. The van der Waals surface area contributed by atoms with Crippen LogP contribution in [-0.4, -0.2) is 14.8 Å². The van der Waals surface area contributed by atoms with E-state index in [9.17, 15) is 0 Å². The first-order valence-electron chi connectivity index (χ1n) is 7.01. The lowest BCUT2D eigenvalue weighted by molar-refractivity contribution is 0.904. The third-order valence-electron chi connectivity index (χ3n) is 3.42. The van der Waals surface area contributed by atoms with Gasteiger partial charge in [0, 0.05) is 16.8 Å². The minimum absolute atomic E-state index is 0.746. The molecule has 0 saturated heterocycles. The Balaban J connectivity index is 2.17. The Morgan fingerprint density at radius 1 is 0.905 bits per heavy atom. The summed E-state index contributed by atoms with van der Waals surface area (Å²) in [6.07, 6.45) is 2.04. The first-order valence-corrected chi connectivity index (χ1v) is 7.01. The van der Waals surface area contributed by atoms with E-state index in [1.54, 1.807) is 0 Å². The summed E-state index contributed by atoms with van der Waals surface area (Å²) in [5.41, 5.74) is 3.15. The maximum absolute atomic E-state index is 4.73.